The third-order valence-electron chi connectivity index (χ3n) is 5.30. The van der Waals surface area contributed by atoms with Crippen molar-refractivity contribution in [3.8, 4) is 0 Å². The second kappa shape index (κ2) is 8.05. The minimum atomic E-state index is -0.452. The first-order valence-corrected chi connectivity index (χ1v) is 10.8. The Morgan fingerprint density at radius 3 is 2.59 bits per heavy atom. The first-order valence-electron chi connectivity index (χ1n) is 9.56. The highest BCUT2D eigenvalue weighted by atomic mass is 32.2. The van der Waals surface area contributed by atoms with Crippen molar-refractivity contribution in [2.24, 2.45) is 0 Å². The van der Waals surface area contributed by atoms with Gasteiger partial charge in [0.25, 0.3) is 5.91 Å². The van der Waals surface area contributed by atoms with Crippen LogP contribution in [0.15, 0.2) is 56.6 Å². The maximum absolute atomic E-state index is 13.4. The Balaban J connectivity index is 1.90. The molecule has 4 rings (SSSR count). The number of methoxy groups -OCH3 is 1. The highest BCUT2D eigenvalue weighted by Crippen LogP contribution is 2.38. The van der Waals surface area contributed by atoms with Gasteiger partial charge in [-0.05, 0) is 49.4 Å². The van der Waals surface area contributed by atoms with E-state index in [2.05, 4.69) is 0 Å². The number of benzene rings is 2. The fourth-order valence-corrected chi connectivity index (χ4v) is 4.29. The molecule has 5 nitrogen and oxygen atoms in total. The molecule has 2 aromatic carbocycles. The first kappa shape index (κ1) is 19.7. The third kappa shape index (κ3) is 3.47. The van der Waals surface area contributed by atoms with Crippen molar-refractivity contribution in [3.63, 3.8) is 0 Å². The molecule has 1 aliphatic rings. The summed E-state index contributed by atoms with van der Waals surface area (Å²) in [6.45, 7) is 2.97. The molecule has 0 radical (unpaired) electrons. The van der Waals surface area contributed by atoms with Crippen LogP contribution in [-0.4, -0.2) is 37.3 Å². The predicted molar refractivity (Wildman–Crippen MR) is 115 cm³/mol. The molecule has 1 amide bonds. The van der Waals surface area contributed by atoms with Crippen molar-refractivity contribution in [2.75, 3.05) is 26.5 Å². The van der Waals surface area contributed by atoms with Crippen molar-refractivity contribution in [1.29, 1.82) is 0 Å². The molecule has 2 heterocycles. The minimum Gasteiger partial charge on any atom is -0.450 e. The van der Waals surface area contributed by atoms with Gasteiger partial charge in [-0.1, -0.05) is 23.8 Å². The average Bonchev–Trinajstić information content (AvgIpc) is 3.01. The molecule has 1 aliphatic heterocycles. The van der Waals surface area contributed by atoms with E-state index in [9.17, 15) is 9.59 Å². The van der Waals surface area contributed by atoms with Crippen molar-refractivity contribution >= 4 is 28.6 Å². The van der Waals surface area contributed by atoms with E-state index in [-0.39, 0.29) is 17.1 Å². The van der Waals surface area contributed by atoms with E-state index in [0.717, 1.165) is 16.0 Å². The summed E-state index contributed by atoms with van der Waals surface area (Å²) in [6, 6.07) is 13.0. The molecule has 150 valence electrons. The van der Waals surface area contributed by atoms with Gasteiger partial charge >= 0.3 is 0 Å². The number of ether oxygens (including phenoxy) is 1. The van der Waals surface area contributed by atoms with Gasteiger partial charge in [0.05, 0.1) is 17.0 Å². The number of nitrogens with zero attached hydrogens (tertiary/aromatic N) is 1. The Labute approximate surface area is 173 Å². The van der Waals surface area contributed by atoms with Gasteiger partial charge < -0.3 is 14.1 Å². The number of carbonyl (C=O) groups is 1. The summed E-state index contributed by atoms with van der Waals surface area (Å²) in [6.07, 6.45) is 2.70. The zero-order valence-electron chi connectivity index (χ0n) is 16.7. The van der Waals surface area contributed by atoms with E-state index in [0.29, 0.717) is 36.1 Å². The Morgan fingerprint density at radius 2 is 1.90 bits per heavy atom. The molecule has 0 saturated heterocycles. The fraction of sp³-hybridized carbons (Fsp3) is 0.304. The molecule has 6 heteroatoms. The zero-order chi connectivity index (χ0) is 20.5. The number of thioether (sulfide) groups is 1. The van der Waals surface area contributed by atoms with Crippen LogP contribution >= 0.6 is 11.8 Å². The Bertz CT molecular complexity index is 1120. The second-order valence-corrected chi connectivity index (χ2v) is 8.07. The highest BCUT2D eigenvalue weighted by Gasteiger charge is 2.42. The van der Waals surface area contributed by atoms with Crippen LogP contribution in [0.25, 0.3) is 11.0 Å². The van der Waals surface area contributed by atoms with Crippen molar-refractivity contribution < 1.29 is 13.9 Å². The molecule has 29 heavy (non-hydrogen) atoms. The van der Waals surface area contributed by atoms with Crippen LogP contribution in [-0.2, 0) is 4.74 Å². The van der Waals surface area contributed by atoms with Crippen molar-refractivity contribution in [2.45, 2.75) is 24.3 Å². The minimum absolute atomic E-state index is 0.133. The number of hydrogen-bond acceptors (Lipinski definition) is 5. The van der Waals surface area contributed by atoms with Crippen LogP contribution in [0.5, 0.6) is 0 Å². The van der Waals surface area contributed by atoms with E-state index in [1.165, 1.54) is 0 Å². The Morgan fingerprint density at radius 1 is 1.14 bits per heavy atom. The van der Waals surface area contributed by atoms with E-state index in [1.54, 1.807) is 29.8 Å². The van der Waals surface area contributed by atoms with E-state index in [1.807, 2.05) is 49.6 Å². The molecule has 0 spiro atoms. The maximum atomic E-state index is 13.4. The largest absolute Gasteiger partial charge is 0.450 e. The average molecular weight is 410 g/mol. The molecule has 0 aliphatic carbocycles. The maximum Gasteiger partial charge on any atom is 0.290 e. The molecular weight excluding hydrogens is 386 g/mol. The zero-order valence-corrected chi connectivity index (χ0v) is 17.5. The standard InChI is InChI=1S/C23H23NO4S/c1-14-5-10-18-17(13-14)21(25)19-20(15-6-8-16(29-3)9-7-15)24(11-4-12-27-2)23(26)22(19)28-18/h5-10,13,20H,4,11-12H2,1-3H3. The fourth-order valence-electron chi connectivity index (χ4n) is 3.88. The number of carbonyl (C=O) groups excluding carboxylic acids is 1. The molecule has 0 saturated carbocycles. The van der Waals surface area contributed by atoms with Gasteiger partial charge in [0.15, 0.2) is 5.43 Å². The number of aryl methyl sites for hydroxylation is 1. The van der Waals surface area contributed by atoms with E-state index >= 15 is 0 Å². The first-order chi connectivity index (χ1) is 14.0. The topological polar surface area (TPSA) is 59.8 Å². The van der Waals surface area contributed by atoms with Crippen molar-refractivity contribution in [1.82, 2.24) is 4.90 Å². The summed E-state index contributed by atoms with van der Waals surface area (Å²) >= 11 is 1.65. The molecule has 0 N–H and O–H groups in total. The van der Waals surface area contributed by atoms with Crippen LogP contribution in [0.2, 0.25) is 0 Å². The van der Waals surface area contributed by atoms with Crippen LogP contribution in [0.4, 0.5) is 0 Å². The number of hydrogen-bond donors (Lipinski definition) is 0. The van der Waals surface area contributed by atoms with Crippen molar-refractivity contribution in [3.05, 3.63) is 75.1 Å². The van der Waals surface area contributed by atoms with Crippen LogP contribution < -0.4 is 5.43 Å². The summed E-state index contributed by atoms with van der Waals surface area (Å²) in [4.78, 5) is 29.5. The summed E-state index contributed by atoms with van der Waals surface area (Å²) < 4.78 is 11.1. The van der Waals surface area contributed by atoms with Gasteiger partial charge in [-0.15, -0.1) is 11.8 Å². The molecule has 0 bridgehead atoms. The predicted octanol–water partition coefficient (Wildman–Crippen LogP) is 4.41. The van der Waals surface area contributed by atoms with Crippen LogP contribution in [0.3, 0.4) is 0 Å². The Hall–Kier alpha value is -2.57. The van der Waals surface area contributed by atoms with E-state index in [4.69, 9.17) is 9.15 Å². The lowest BCUT2D eigenvalue weighted by Gasteiger charge is -2.25. The second-order valence-electron chi connectivity index (χ2n) is 7.19. The summed E-state index contributed by atoms with van der Waals surface area (Å²) in [5.74, 6) is -0.0858. The van der Waals surface area contributed by atoms with Crippen LogP contribution in [0.1, 0.15) is 39.7 Å². The summed E-state index contributed by atoms with van der Waals surface area (Å²) in [7, 11) is 1.64. The van der Waals surface area contributed by atoms with Gasteiger partial charge in [0, 0.05) is 25.2 Å². The number of fused-ring (bicyclic) bond motifs is 2. The normalized spacial score (nSPS) is 15.9. The van der Waals surface area contributed by atoms with Gasteiger partial charge in [-0.3, -0.25) is 9.59 Å². The molecule has 0 fully saturated rings. The lowest BCUT2D eigenvalue weighted by molar-refractivity contribution is 0.0708. The highest BCUT2D eigenvalue weighted by molar-refractivity contribution is 7.98. The SMILES string of the molecule is COCCCN1C(=O)c2oc3ccc(C)cc3c(=O)c2C1c1ccc(SC)cc1. The third-order valence-corrected chi connectivity index (χ3v) is 6.04. The Kier molecular flexibility index (Phi) is 5.48. The smallest absolute Gasteiger partial charge is 0.290 e. The molecular formula is C23H23NO4S. The van der Waals surface area contributed by atoms with E-state index < -0.39 is 6.04 Å². The van der Waals surface area contributed by atoms with Gasteiger partial charge in [0.1, 0.15) is 5.58 Å². The molecule has 1 unspecified atom stereocenters. The summed E-state index contributed by atoms with van der Waals surface area (Å²) in [5.41, 5.74) is 2.63. The molecule has 1 aromatic heterocycles. The monoisotopic (exact) mass is 409 g/mol. The van der Waals surface area contributed by atoms with Gasteiger partial charge in [-0.25, -0.2) is 0 Å². The molecule has 3 aromatic rings. The lowest BCUT2D eigenvalue weighted by atomic mass is 9.98. The van der Waals surface area contributed by atoms with Gasteiger partial charge in [0.2, 0.25) is 5.76 Å². The number of amides is 1. The lowest BCUT2D eigenvalue weighted by Crippen LogP contribution is -2.31. The van der Waals surface area contributed by atoms with Crippen LogP contribution in [0, 0.1) is 6.92 Å². The molecule has 1 atom stereocenters. The quantitative estimate of drug-likeness (QED) is 0.446. The number of rotatable bonds is 6. The van der Waals surface area contributed by atoms with Gasteiger partial charge in [-0.2, -0.15) is 0 Å². The summed E-state index contributed by atoms with van der Waals surface area (Å²) in [5, 5.41) is 0.515.